The van der Waals surface area contributed by atoms with Crippen LogP contribution in [0.25, 0.3) is 0 Å². The van der Waals surface area contributed by atoms with Crippen LogP contribution in [-0.4, -0.2) is 54.3 Å². The fourth-order valence-corrected chi connectivity index (χ4v) is 4.75. The van der Waals surface area contributed by atoms with Crippen LogP contribution in [0.3, 0.4) is 0 Å². The van der Waals surface area contributed by atoms with Crippen LogP contribution in [0.5, 0.6) is 0 Å². The average molecular weight is 345 g/mol. The Morgan fingerprint density at radius 2 is 1.76 bits per heavy atom. The zero-order chi connectivity index (χ0) is 16.3. The minimum absolute atomic E-state index is 0.0509. The minimum atomic E-state index is -5.33. The molecule has 1 atom stereocenters. The number of aliphatic hydroxyl groups is 1. The average Bonchev–Trinajstić information content (AvgIpc) is 2.78. The Balaban J connectivity index is 2.61. The Morgan fingerprint density at radius 1 is 1.19 bits per heavy atom. The monoisotopic (exact) mass is 345 g/mol. The lowest BCUT2D eigenvalue weighted by Gasteiger charge is -2.30. The summed E-state index contributed by atoms with van der Waals surface area (Å²) < 4.78 is 22.5. The molecule has 0 aromatic rings. The van der Waals surface area contributed by atoms with Crippen molar-refractivity contribution in [3.63, 3.8) is 0 Å². The lowest BCUT2D eigenvalue weighted by Crippen LogP contribution is -2.34. The highest BCUT2D eigenvalue weighted by Gasteiger charge is 2.59. The lowest BCUT2D eigenvalue weighted by atomic mass is 10.0. The maximum atomic E-state index is 11.2. The first-order chi connectivity index (χ1) is 9.51. The van der Waals surface area contributed by atoms with Gasteiger partial charge in [0.1, 0.15) is 0 Å². The van der Waals surface area contributed by atoms with E-state index in [4.69, 9.17) is 19.6 Å². The van der Waals surface area contributed by atoms with Gasteiger partial charge in [0, 0.05) is 19.5 Å². The van der Waals surface area contributed by atoms with Crippen LogP contribution in [0, 0.1) is 5.92 Å². The van der Waals surface area contributed by atoms with Gasteiger partial charge in [0.2, 0.25) is 0 Å². The van der Waals surface area contributed by atoms with Gasteiger partial charge >= 0.3 is 15.2 Å². The Kier molecular flexibility index (Phi) is 6.60. The Labute approximate surface area is 124 Å². The smallest absolute Gasteiger partial charge is 0.367 e. The SMILES string of the molecule is CCCCC1CCN(CCC(O)(P(=O)(O)O)P(=O)(O)O)C1. The summed E-state index contributed by atoms with van der Waals surface area (Å²) in [6.07, 6.45) is 3.61. The molecule has 21 heavy (non-hydrogen) atoms. The summed E-state index contributed by atoms with van der Waals surface area (Å²) in [6.45, 7) is 3.60. The van der Waals surface area contributed by atoms with Crippen LogP contribution in [0.2, 0.25) is 0 Å². The summed E-state index contributed by atoms with van der Waals surface area (Å²) in [5.41, 5.74) is 0. The number of hydrogen-bond acceptors (Lipinski definition) is 4. The van der Waals surface area contributed by atoms with E-state index in [0.29, 0.717) is 12.5 Å². The summed E-state index contributed by atoms with van der Waals surface area (Å²) in [5.74, 6) is 0.503. The van der Waals surface area contributed by atoms with Crippen molar-refractivity contribution in [1.29, 1.82) is 0 Å². The number of hydrogen-bond donors (Lipinski definition) is 5. The topological polar surface area (TPSA) is 139 Å². The van der Waals surface area contributed by atoms with Gasteiger partial charge < -0.3 is 29.6 Å². The molecule has 1 unspecified atom stereocenters. The molecule has 1 heterocycles. The molecule has 5 N–H and O–H groups in total. The molecular weight excluding hydrogens is 320 g/mol. The highest BCUT2D eigenvalue weighted by atomic mass is 31.2. The number of nitrogens with zero attached hydrogens (tertiary/aromatic N) is 1. The Hall–Kier alpha value is 0.220. The molecule has 1 aliphatic heterocycles. The van der Waals surface area contributed by atoms with Gasteiger partial charge in [-0.1, -0.05) is 19.8 Å². The van der Waals surface area contributed by atoms with Crippen molar-refractivity contribution in [3.8, 4) is 0 Å². The normalized spacial score (nSPS) is 21.9. The van der Waals surface area contributed by atoms with Crippen LogP contribution >= 0.6 is 15.2 Å². The molecule has 0 spiro atoms. The molecule has 0 aromatic heterocycles. The van der Waals surface area contributed by atoms with Crippen molar-refractivity contribution >= 4 is 15.2 Å². The zero-order valence-corrected chi connectivity index (χ0v) is 13.9. The second-order valence-corrected chi connectivity index (χ2v) is 9.72. The van der Waals surface area contributed by atoms with Crippen LogP contribution in [0.1, 0.15) is 39.0 Å². The molecule has 1 saturated heterocycles. The first-order valence-electron chi connectivity index (χ1n) is 7.07. The molecule has 0 aromatic carbocycles. The van der Waals surface area contributed by atoms with E-state index in [1.54, 1.807) is 0 Å². The predicted octanol–water partition coefficient (Wildman–Crippen LogP) is 0.890. The van der Waals surface area contributed by atoms with Gasteiger partial charge in [0.25, 0.3) is 5.08 Å². The molecule has 1 aliphatic rings. The Morgan fingerprint density at radius 3 is 2.24 bits per heavy atom. The maximum Gasteiger partial charge on any atom is 0.369 e. The quantitative estimate of drug-likeness (QED) is 0.409. The molecule has 0 saturated carbocycles. The maximum absolute atomic E-state index is 11.2. The van der Waals surface area contributed by atoms with Crippen molar-refractivity contribution in [3.05, 3.63) is 0 Å². The summed E-state index contributed by atoms with van der Waals surface area (Å²) in [6, 6.07) is 0. The molecule has 0 radical (unpaired) electrons. The number of unbranched alkanes of at least 4 members (excludes halogenated alkanes) is 1. The molecule has 1 fully saturated rings. The lowest BCUT2D eigenvalue weighted by molar-refractivity contribution is 0.111. The van der Waals surface area contributed by atoms with E-state index < -0.39 is 26.7 Å². The van der Waals surface area contributed by atoms with Gasteiger partial charge in [-0.3, -0.25) is 9.13 Å². The van der Waals surface area contributed by atoms with E-state index in [9.17, 15) is 14.2 Å². The Bertz CT molecular complexity index is 410. The van der Waals surface area contributed by atoms with Gasteiger partial charge in [-0.2, -0.15) is 0 Å². The number of rotatable bonds is 8. The summed E-state index contributed by atoms with van der Waals surface area (Å²) in [4.78, 5) is 38.1. The summed E-state index contributed by atoms with van der Waals surface area (Å²) >= 11 is 0. The molecule has 10 heteroatoms. The second-order valence-electron chi connectivity index (χ2n) is 5.71. The van der Waals surface area contributed by atoms with Crippen LogP contribution in [0.15, 0.2) is 0 Å². The molecule has 126 valence electrons. The van der Waals surface area contributed by atoms with Crippen molar-refractivity contribution in [2.75, 3.05) is 19.6 Å². The third-order valence-electron chi connectivity index (χ3n) is 4.03. The van der Waals surface area contributed by atoms with Gasteiger partial charge in [0.05, 0.1) is 0 Å². The summed E-state index contributed by atoms with van der Waals surface area (Å²) in [7, 11) is -10.7. The van der Waals surface area contributed by atoms with Crippen LogP contribution in [-0.2, 0) is 9.13 Å². The fourth-order valence-electron chi connectivity index (χ4n) is 2.61. The van der Waals surface area contributed by atoms with Crippen molar-refractivity contribution < 1.29 is 33.8 Å². The third-order valence-corrected chi connectivity index (χ3v) is 7.91. The molecular formula is C11H25NO7P2. The molecule has 0 aliphatic carbocycles. The largest absolute Gasteiger partial charge is 0.369 e. The highest BCUT2D eigenvalue weighted by Crippen LogP contribution is 2.68. The molecule has 0 bridgehead atoms. The van der Waals surface area contributed by atoms with Crippen LogP contribution < -0.4 is 0 Å². The first kappa shape index (κ1) is 19.3. The van der Waals surface area contributed by atoms with Gasteiger partial charge in [-0.15, -0.1) is 0 Å². The van der Waals surface area contributed by atoms with Crippen molar-refractivity contribution in [1.82, 2.24) is 4.90 Å². The molecule has 1 rings (SSSR count). The second kappa shape index (κ2) is 7.20. The van der Waals surface area contributed by atoms with E-state index in [2.05, 4.69) is 6.92 Å². The standard InChI is InChI=1S/C11H25NO7P2/c1-2-3-4-10-5-7-12(9-10)8-6-11(13,20(14,15)16)21(17,18)19/h10,13H,2-9H2,1H3,(H2,14,15,16)(H2,17,18,19). The summed E-state index contributed by atoms with van der Waals surface area (Å²) in [5, 5.41) is 6.51. The first-order valence-corrected chi connectivity index (χ1v) is 10.3. The van der Waals surface area contributed by atoms with E-state index >= 15 is 0 Å². The van der Waals surface area contributed by atoms with Crippen molar-refractivity contribution in [2.45, 2.75) is 44.1 Å². The van der Waals surface area contributed by atoms with E-state index in [-0.39, 0.29) is 6.54 Å². The van der Waals surface area contributed by atoms with E-state index in [0.717, 1.165) is 32.2 Å². The van der Waals surface area contributed by atoms with E-state index in [1.165, 1.54) is 0 Å². The van der Waals surface area contributed by atoms with E-state index in [1.807, 2.05) is 4.90 Å². The highest BCUT2D eigenvalue weighted by molar-refractivity contribution is 7.72. The van der Waals surface area contributed by atoms with Gasteiger partial charge in [-0.05, 0) is 25.3 Å². The molecule has 0 amide bonds. The predicted molar refractivity (Wildman–Crippen MR) is 77.7 cm³/mol. The third kappa shape index (κ3) is 4.85. The van der Waals surface area contributed by atoms with Gasteiger partial charge in [-0.25, -0.2) is 0 Å². The fraction of sp³-hybridized carbons (Fsp3) is 1.00. The van der Waals surface area contributed by atoms with Crippen LogP contribution in [0.4, 0.5) is 0 Å². The van der Waals surface area contributed by atoms with Gasteiger partial charge in [0.15, 0.2) is 0 Å². The number of likely N-dealkylation sites (tertiary alicyclic amines) is 1. The van der Waals surface area contributed by atoms with Crippen molar-refractivity contribution in [2.24, 2.45) is 5.92 Å². The zero-order valence-electron chi connectivity index (χ0n) is 12.1. The molecule has 8 nitrogen and oxygen atoms in total. The minimum Gasteiger partial charge on any atom is -0.367 e.